The Kier molecular flexibility index (Phi) is 4.90. The summed E-state index contributed by atoms with van der Waals surface area (Å²) in [5, 5.41) is 2.68. The van der Waals surface area contributed by atoms with Gasteiger partial charge in [-0.2, -0.15) is 0 Å². The Bertz CT molecular complexity index is 711. The average molecular weight is 345 g/mol. The first kappa shape index (κ1) is 15.0. The molecule has 2 aromatic carbocycles. The lowest BCUT2D eigenvalue weighted by Gasteiger charge is -2.03. The molecule has 0 unspecified atom stereocenters. The second-order valence-electron chi connectivity index (χ2n) is 4.32. The van der Waals surface area contributed by atoms with Crippen LogP contribution >= 0.6 is 15.9 Å². The Morgan fingerprint density at radius 2 is 1.86 bits per heavy atom. The third-order valence-electron chi connectivity index (χ3n) is 2.69. The highest BCUT2D eigenvalue weighted by Gasteiger charge is 2.03. The molecule has 0 saturated heterocycles. The van der Waals surface area contributed by atoms with E-state index in [1.54, 1.807) is 24.3 Å². The maximum atomic E-state index is 11.8. The van der Waals surface area contributed by atoms with E-state index in [2.05, 4.69) is 21.2 Å². The Morgan fingerprint density at radius 1 is 1.10 bits per heavy atom. The number of amides is 2. The molecule has 2 amide bonds. The maximum Gasteiger partial charge on any atom is 0.248 e. The fourth-order valence-corrected chi connectivity index (χ4v) is 2.13. The second kappa shape index (κ2) is 6.85. The number of nitrogens with two attached hydrogens (primary N) is 1. The van der Waals surface area contributed by atoms with E-state index in [4.69, 9.17) is 5.73 Å². The Balaban J connectivity index is 2.05. The number of rotatable bonds is 4. The van der Waals surface area contributed by atoms with E-state index in [1.165, 1.54) is 12.1 Å². The molecule has 0 aliphatic carbocycles. The number of hydrogen-bond acceptors (Lipinski definition) is 2. The zero-order valence-electron chi connectivity index (χ0n) is 11.0. The van der Waals surface area contributed by atoms with Crippen LogP contribution in [0.1, 0.15) is 15.9 Å². The van der Waals surface area contributed by atoms with Crippen LogP contribution < -0.4 is 11.1 Å². The van der Waals surface area contributed by atoms with E-state index in [-0.39, 0.29) is 5.91 Å². The molecule has 0 bridgehead atoms. The molecule has 3 N–H and O–H groups in total. The minimum absolute atomic E-state index is 0.281. The summed E-state index contributed by atoms with van der Waals surface area (Å²) in [5.41, 5.74) is 6.97. The molecule has 5 heteroatoms. The van der Waals surface area contributed by atoms with Crippen molar-refractivity contribution in [3.63, 3.8) is 0 Å². The fraction of sp³-hybridized carbons (Fsp3) is 0. The maximum absolute atomic E-state index is 11.8. The monoisotopic (exact) mass is 344 g/mol. The molecule has 0 fully saturated rings. The van der Waals surface area contributed by atoms with Gasteiger partial charge in [-0.1, -0.05) is 34.1 Å². The van der Waals surface area contributed by atoms with Crippen molar-refractivity contribution in [2.75, 3.05) is 5.32 Å². The van der Waals surface area contributed by atoms with Crippen LogP contribution in [0.5, 0.6) is 0 Å². The van der Waals surface area contributed by atoms with Gasteiger partial charge in [-0.05, 0) is 42.0 Å². The molecule has 0 heterocycles. The summed E-state index contributed by atoms with van der Waals surface area (Å²) in [6.45, 7) is 0. The van der Waals surface area contributed by atoms with E-state index in [9.17, 15) is 9.59 Å². The zero-order chi connectivity index (χ0) is 15.2. The highest BCUT2D eigenvalue weighted by Crippen LogP contribution is 2.13. The predicted octanol–water partition coefficient (Wildman–Crippen LogP) is 3.20. The van der Waals surface area contributed by atoms with Gasteiger partial charge in [0.15, 0.2) is 0 Å². The van der Waals surface area contributed by atoms with Crippen molar-refractivity contribution in [3.05, 3.63) is 70.2 Å². The Labute approximate surface area is 130 Å². The minimum atomic E-state index is -0.532. The molecule has 4 nitrogen and oxygen atoms in total. The van der Waals surface area contributed by atoms with E-state index in [1.807, 2.05) is 24.3 Å². The molecule has 0 radical (unpaired) electrons. The molecule has 106 valence electrons. The number of anilines is 1. The van der Waals surface area contributed by atoms with Crippen molar-refractivity contribution in [2.45, 2.75) is 0 Å². The number of halogens is 1. The van der Waals surface area contributed by atoms with Crippen molar-refractivity contribution in [1.82, 2.24) is 0 Å². The van der Waals surface area contributed by atoms with Gasteiger partial charge in [0.05, 0.1) is 0 Å². The van der Waals surface area contributed by atoms with Gasteiger partial charge in [0.1, 0.15) is 0 Å². The molecule has 21 heavy (non-hydrogen) atoms. The van der Waals surface area contributed by atoms with Gasteiger partial charge >= 0.3 is 0 Å². The molecule has 0 aliphatic rings. The Hall–Kier alpha value is -2.40. The van der Waals surface area contributed by atoms with Gasteiger partial charge in [0, 0.05) is 21.8 Å². The topological polar surface area (TPSA) is 72.2 Å². The minimum Gasteiger partial charge on any atom is -0.366 e. The molecule has 2 rings (SSSR count). The molecule has 2 aromatic rings. The van der Waals surface area contributed by atoms with Gasteiger partial charge in [-0.25, -0.2) is 0 Å². The lowest BCUT2D eigenvalue weighted by molar-refractivity contribution is -0.111. The summed E-state index contributed by atoms with van der Waals surface area (Å²) in [6, 6.07) is 14.1. The van der Waals surface area contributed by atoms with Crippen LogP contribution in [0.4, 0.5) is 5.69 Å². The molecular weight excluding hydrogens is 332 g/mol. The largest absolute Gasteiger partial charge is 0.366 e. The SMILES string of the molecule is NC(=O)c1cccc(NC(=O)/C=C/c2cccc(Br)c2)c1. The van der Waals surface area contributed by atoms with Crippen molar-refractivity contribution >= 4 is 39.5 Å². The number of benzene rings is 2. The smallest absolute Gasteiger partial charge is 0.248 e. The van der Waals surface area contributed by atoms with Gasteiger partial charge in [-0.3, -0.25) is 9.59 Å². The van der Waals surface area contributed by atoms with Gasteiger partial charge in [-0.15, -0.1) is 0 Å². The molecule has 0 aromatic heterocycles. The van der Waals surface area contributed by atoms with Gasteiger partial charge in [0.25, 0.3) is 0 Å². The quantitative estimate of drug-likeness (QED) is 0.836. The van der Waals surface area contributed by atoms with Crippen LogP contribution in [0.25, 0.3) is 6.08 Å². The van der Waals surface area contributed by atoms with Gasteiger partial charge in [0.2, 0.25) is 11.8 Å². The summed E-state index contributed by atoms with van der Waals surface area (Å²) >= 11 is 3.37. The molecule has 0 saturated carbocycles. The van der Waals surface area contributed by atoms with E-state index in [0.717, 1.165) is 10.0 Å². The number of primary amides is 1. The van der Waals surface area contributed by atoms with Crippen molar-refractivity contribution in [2.24, 2.45) is 5.73 Å². The van der Waals surface area contributed by atoms with Crippen molar-refractivity contribution < 1.29 is 9.59 Å². The first-order chi connectivity index (χ1) is 10.0. The summed E-state index contributed by atoms with van der Waals surface area (Å²) in [7, 11) is 0. The molecular formula is C16H13BrN2O2. The summed E-state index contributed by atoms with van der Waals surface area (Å²) < 4.78 is 0.944. The average Bonchev–Trinajstić information content (AvgIpc) is 2.45. The zero-order valence-corrected chi connectivity index (χ0v) is 12.6. The van der Waals surface area contributed by atoms with E-state index >= 15 is 0 Å². The molecule has 0 atom stereocenters. The highest BCUT2D eigenvalue weighted by atomic mass is 79.9. The molecule has 0 aliphatic heterocycles. The summed E-state index contributed by atoms with van der Waals surface area (Å²) in [6.07, 6.45) is 3.14. The highest BCUT2D eigenvalue weighted by molar-refractivity contribution is 9.10. The van der Waals surface area contributed by atoms with Crippen LogP contribution in [-0.2, 0) is 4.79 Å². The Morgan fingerprint density at radius 3 is 2.57 bits per heavy atom. The van der Waals surface area contributed by atoms with Crippen LogP contribution in [0.15, 0.2) is 59.1 Å². The number of nitrogens with one attached hydrogen (secondary N) is 1. The number of carbonyl (C=O) groups is 2. The number of carbonyl (C=O) groups excluding carboxylic acids is 2. The van der Waals surface area contributed by atoms with Crippen LogP contribution in [-0.4, -0.2) is 11.8 Å². The lowest BCUT2D eigenvalue weighted by atomic mass is 10.2. The third-order valence-corrected chi connectivity index (χ3v) is 3.18. The van der Waals surface area contributed by atoms with Crippen molar-refractivity contribution in [1.29, 1.82) is 0 Å². The summed E-state index contributed by atoms with van der Waals surface area (Å²) in [4.78, 5) is 22.9. The van der Waals surface area contributed by atoms with Gasteiger partial charge < -0.3 is 11.1 Å². The lowest BCUT2D eigenvalue weighted by Crippen LogP contribution is -2.12. The second-order valence-corrected chi connectivity index (χ2v) is 5.24. The first-order valence-electron chi connectivity index (χ1n) is 6.19. The van der Waals surface area contributed by atoms with E-state index in [0.29, 0.717) is 11.3 Å². The predicted molar refractivity (Wildman–Crippen MR) is 86.8 cm³/mol. The van der Waals surface area contributed by atoms with Crippen molar-refractivity contribution in [3.8, 4) is 0 Å². The fourth-order valence-electron chi connectivity index (χ4n) is 1.72. The number of hydrogen-bond donors (Lipinski definition) is 2. The summed E-state index contributed by atoms with van der Waals surface area (Å²) in [5.74, 6) is -0.813. The van der Waals surface area contributed by atoms with E-state index < -0.39 is 5.91 Å². The molecule has 0 spiro atoms. The van der Waals surface area contributed by atoms with Crippen LogP contribution in [0.2, 0.25) is 0 Å². The third kappa shape index (κ3) is 4.57. The standard InChI is InChI=1S/C16H13BrN2O2/c17-13-5-1-3-11(9-13)7-8-15(20)19-14-6-2-4-12(10-14)16(18)21/h1-10H,(H2,18,21)(H,19,20)/b8-7+. The van der Waals surface area contributed by atoms with Crippen LogP contribution in [0.3, 0.4) is 0 Å². The normalized spacial score (nSPS) is 10.5. The first-order valence-corrected chi connectivity index (χ1v) is 6.98. The van der Waals surface area contributed by atoms with Crippen LogP contribution in [0, 0.1) is 0 Å².